The van der Waals surface area contributed by atoms with E-state index in [0.29, 0.717) is 12.0 Å². The summed E-state index contributed by atoms with van der Waals surface area (Å²) in [6.07, 6.45) is 0.310. The second kappa shape index (κ2) is 6.02. The average Bonchev–Trinajstić information content (AvgIpc) is 2.97. The number of aromatic nitrogens is 2. The SMILES string of the molecule is CCn1c(CC(=O)c2cc(Br)sc2Br)nc2ccccc21. The molecule has 0 saturated heterocycles. The van der Waals surface area contributed by atoms with Crippen LogP contribution in [0.2, 0.25) is 0 Å². The van der Waals surface area contributed by atoms with Crippen LogP contribution in [0.25, 0.3) is 11.0 Å². The van der Waals surface area contributed by atoms with Crippen molar-refractivity contribution in [1.29, 1.82) is 0 Å². The summed E-state index contributed by atoms with van der Waals surface area (Å²) < 4.78 is 3.91. The molecule has 0 unspecified atom stereocenters. The molecule has 0 aliphatic heterocycles. The van der Waals surface area contributed by atoms with E-state index >= 15 is 0 Å². The van der Waals surface area contributed by atoms with Crippen LogP contribution < -0.4 is 0 Å². The third-order valence-corrected chi connectivity index (χ3v) is 5.66. The fourth-order valence-corrected chi connectivity index (χ4v) is 5.24. The quantitative estimate of drug-likeness (QED) is 0.545. The number of carbonyl (C=O) groups is 1. The molecule has 3 rings (SSSR count). The van der Waals surface area contributed by atoms with E-state index < -0.39 is 0 Å². The summed E-state index contributed by atoms with van der Waals surface area (Å²) in [5.41, 5.74) is 2.72. The maximum atomic E-state index is 12.5. The van der Waals surface area contributed by atoms with Gasteiger partial charge in [0.25, 0.3) is 0 Å². The Labute approximate surface area is 143 Å². The third-order valence-electron chi connectivity index (χ3n) is 3.33. The zero-order chi connectivity index (χ0) is 15.0. The zero-order valence-corrected chi connectivity index (χ0v) is 15.3. The molecule has 0 bridgehead atoms. The molecule has 3 aromatic rings. The number of rotatable bonds is 4. The van der Waals surface area contributed by atoms with Gasteiger partial charge in [-0.25, -0.2) is 4.98 Å². The van der Waals surface area contributed by atoms with E-state index in [0.717, 1.165) is 31.0 Å². The van der Waals surface area contributed by atoms with Gasteiger partial charge in [0.1, 0.15) is 5.82 Å². The first kappa shape index (κ1) is 14.9. The van der Waals surface area contributed by atoms with E-state index in [2.05, 4.69) is 48.3 Å². The second-order valence-corrected chi connectivity index (χ2v) is 8.35. The molecule has 2 aromatic heterocycles. The van der Waals surface area contributed by atoms with E-state index in [-0.39, 0.29) is 5.78 Å². The minimum atomic E-state index is 0.0776. The van der Waals surface area contributed by atoms with E-state index in [4.69, 9.17) is 0 Å². The van der Waals surface area contributed by atoms with E-state index in [1.54, 1.807) is 0 Å². The van der Waals surface area contributed by atoms with Crippen molar-refractivity contribution in [2.45, 2.75) is 19.9 Å². The molecule has 0 radical (unpaired) electrons. The first-order chi connectivity index (χ1) is 10.1. The standard InChI is InChI=1S/C15H12Br2N2OS/c1-2-19-11-6-4-3-5-10(11)18-14(19)8-12(20)9-7-13(16)21-15(9)17/h3-7H,2,8H2,1H3. The van der Waals surface area contributed by atoms with Gasteiger partial charge in [0.05, 0.1) is 25.0 Å². The fourth-order valence-electron chi connectivity index (χ4n) is 2.38. The van der Waals surface area contributed by atoms with Crippen LogP contribution in [0.3, 0.4) is 0 Å². The fraction of sp³-hybridized carbons (Fsp3) is 0.200. The van der Waals surface area contributed by atoms with Gasteiger partial charge >= 0.3 is 0 Å². The number of Topliss-reactive ketones (excluding diaryl/α,β-unsaturated/α-hetero) is 1. The van der Waals surface area contributed by atoms with Crippen molar-refractivity contribution in [2.24, 2.45) is 0 Å². The van der Waals surface area contributed by atoms with Crippen molar-refractivity contribution < 1.29 is 4.79 Å². The number of nitrogens with zero attached hydrogens (tertiary/aromatic N) is 2. The average molecular weight is 428 g/mol. The molecule has 0 aliphatic carbocycles. The minimum absolute atomic E-state index is 0.0776. The summed E-state index contributed by atoms with van der Waals surface area (Å²) in [7, 11) is 0. The molecule has 0 fully saturated rings. The Hall–Kier alpha value is -0.980. The summed E-state index contributed by atoms with van der Waals surface area (Å²) in [6, 6.07) is 9.83. The lowest BCUT2D eigenvalue weighted by Gasteiger charge is -2.05. The summed E-state index contributed by atoms with van der Waals surface area (Å²) in [4.78, 5) is 17.1. The molecule has 108 valence electrons. The largest absolute Gasteiger partial charge is 0.328 e. The lowest BCUT2D eigenvalue weighted by Crippen LogP contribution is -2.09. The van der Waals surface area contributed by atoms with Crippen molar-refractivity contribution >= 4 is 60.0 Å². The molecule has 6 heteroatoms. The van der Waals surface area contributed by atoms with Gasteiger partial charge in [-0.15, -0.1) is 11.3 Å². The number of benzene rings is 1. The maximum Gasteiger partial charge on any atom is 0.172 e. The van der Waals surface area contributed by atoms with E-state index in [9.17, 15) is 4.79 Å². The van der Waals surface area contributed by atoms with Crippen LogP contribution >= 0.6 is 43.2 Å². The molecule has 21 heavy (non-hydrogen) atoms. The Morgan fingerprint density at radius 1 is 1.33 bits per heavy atom. The highest BCUT2D eigenvalue weighted by Gasteiger charge is 2.18. The first-order valence-corrected chi connectivity index (χ1v) is 8.92. The Bertz CT molecular complexity index is 822. The number of halogens is 2. The summed E-state index contributed by atoms with van der Waals surface area (Å²) in [5.74, 6) is 0.895. The predicted molar refractivity (Wildman–Crippen MR) is 93.2 cm³/mol. The van der Waals surface area contributed by atoms with Crippen LogP contribution in [-0.4, -0.2) is 15.3 Å². The molecule has 1 aromatic carbocycles. The monoisotopic (exact) mass is 426 g/mol. The lowest BCUT2D eigenvalue weighted by molar-refractivity contribution is 0.0989. The van der Waals surface area contributed by atoms with Crippen molar-refractivity contribution in [3.05, 3.63) is 49.3 Å². The van der Waals surface area contributed by atoms with Crippen LogP contribution in [0.1, 0.15) is 23.1 Å². The molecule has 0 N–H and O–H groups in total. The smallest absolute Gasteiger partial charge is 0.172 e. The Morgan fingerprint density at radius 2 is 2.10 bits per heavy atom. The van der Waals surface area contributed by atoms with Gasteiger partial charge in [-0.2, -0.15) is 0 Å². The summed E-state index contributed by atoms with van der Waals surface area (Å²) in [6.45, 7) is 2.87. The van der Waals surface area contributed by atoms with Crippen molar-refractivity contribution in [2.75, 3.05) is 0 Å². The van der Waals surface area contributed by atoms with Crippen LogP contribution in [-0.2, 0) is 13.0 Å². The number of para-hydroxylation sites is 2. The van der Waals surface area contributed by atoms with Gasteiger partial charge in [0.15, 0.2) is 5.78 Å². The topological polar surface area (TPSA) is 34.9 Å². The Morgan fingerprint density at radius 3 is 2.76 bits per heavy atom. The lowest BCUT2D eigenvalue weighted by atomic mass is 10.1. The van der Waals surface area contributed by atoms with Crippen LogP contribution in [0.5, 0.6) is 0 Å². The van der Waals surface area contributed by atoms with Gasteiger partial charge in [0.2, 0.25) is 0 Å². The minimum Gasteiger partial charge on any atom is -0.328 e. The van der Waals surface area contributed by atoms with Crippen molar-refractivity contribution in [1.82, 2.24) is 9.55 Å². The van der Waals surface area contributed by atoms with Gasteiger partial charge in [-0.1, -0.05) is 12.1 Å². The number of thiophene rings is 1. The molecule has 3 nitrogen and oxygen atoms in total. The van der Waals surface area contributed by atoms with Gasteiger partial charge in [-0.05, 0) is 57.0 Å². The first-order valence-electron chi connectivity index (χ1n) is 6.52. The maximum absolute atomic E-state index is 12.5. The van der Waals surface area contributed by atoms with Crippen LogP contribution in [0, 0.1) is 0 Å². The van der Waals surface area contributed by atoms with Crippen LogP contribution in [0.15, 0.2) is 37.9 Å². The van der Waals surface area contributed by atoms with Gasteiger partial charge in [0, 0.05) is 12.1 Å². The zero-order valence-electron chi connectivity index (χ0n) is 11.3. The number of imidazole rings is 1. The molecule has 0 saturated carbocycles. The van der Waals surface area contributed by atoms with Crippen LogP contribution in [0.4, 0.5) is 0 Å². The second-order valence-electron chi connectivity index (χ2n) is 4.60. The number of aryl methyl sites for hydroxylation is 1. The molecule has 0 spiro atoms. The normalized spacial score (nSPS) is 11.2. The van der Waals surface area contributed by atoms with E-state index in [1.165, 1.54) is 11.3 Å². The Kier molecular flexibility index (Phi) is 4.28. The highest BCUT2D eigenvalue weighted by Crippen LogP contribution is 2.32. The molecular weight excluding hydrogens is 416 g/mol. The molecular formula is C15H12Br2N2OS. The van der Waals surface area contributed by atoms with E-state index in [1.807, 2.05) is 30.3 Å². The predicted octanol–water partition coefficient (Wildman–Crippen LogP) is 5.07. The number of hydrogen-bond donors (Lipinski definition) is 0. The number of hydrogen-bond acceptors (Lipinski definition) is 3. The molecule has 0 aliphatic rings. The van der Waals surface area contributed by atoms with Crippen molar-refractivity contribution in [3.8, 4) is 0 Å². The number of ketones is 1. The molecule has 0 atom stereocenters. The van der Waals surface area contributed by atoms with Gasteiger partial charge < -0.3 is 4.57 Å². The summed E-state index contributed by atoms with van der Waals surface area (Å²) in [5, 5.41) is 0. The third kappa shape index (κ3) is 2.84. The molecule has 2 heterocycles. The highest BCUT2D eigenvalue weighted by atomic mass is 79.9. The summed E-state index contributed by atoms with van der Waals surface area (Å²) >= 11 is 8.36. The Balaban J connectivity index is 1.98. The number of carbonyl (C=O) groups excluding carboxylic acids is 1. The highest BCUT2D eigenvalue weighted by molar-refractivity contribution is 9.12. The van der Waals surface area contributed by atoms with Gasteiger partial charge in [-0.3, -0.25) is 4.79 Å². The molecule has 0 amide bonds. The van der Waals surface area contributed by atoms with Crippen molar-refractivity contribution in [3.63, 3.8) is 0 Å². The number of fused-ring (bicyclic) bond motifs is 1.